The van der Waals surface area contributed by atoms with E-state index in [2.05, 4.69) is 9.97 Å². The Morgan fingerprint density at radius 1 is 1.50 bits per heavy atom. The predicted octanol–water partition coefficient (Wildman–Crippen LogP) is 2.68. The van der Waals surface area contributed by atoms with E-state index in [1.165, 1.54) is 17.8 Å². The van der Waals surface area contributed by atoms with Crippen LogP contribution in [0.1, 0.15) is 27.5 Å². The zero-order valence-corrected chi connectivity index (χ0v) is 10.8. The van der Waals surface area contributed by atoms with Crippen LogP contribution in [0.5, 0.6) is 0 Å². The lowest BCUT2D eigenvalue weighted by Crippen LogP contribution is -2.03. The molecule has 94 valence electrons. The number of carbonyl (C=O) groups is 1. The summed E-state index contributed by atoms with van der Waals surface area (Å²) >= 11 is 1.34. The van der Waals surface area contributed by atoms with E-state index in [-0.39, 0.29) is 5.56 Å². The van der Waals surface area contributed by atoms with Crippen molar-refractivity contribution in [2.45, 2.75) is 24.8 Å². The summed E-state index contributed by atoms with van der Waals surface area (Å²) in [6.45, 7) is 3.71. The molecule has 0 unspecified atom stereocenters. The summed E-state index contributed by atoms with van der Waals surface area (Å²) in [6, 6.07) is 3.15. The van der Waals surface area contributed by atoms with Crippen molar-refractivity contribution in [3.8, 4) is 0 Å². The van der Waals surface area contributed by atoms with Crippen molar-refractivity contribution in [1.29, 1.82) is 0 Å². The van der Waals surface area contributed by atoms with Gasteiger partial charge in [-0.15, -0.1) is 0 Å². The second kappa shape index (κ2) is 5.22. The molecule has 0 spiro atoms. The number of rotatable bonds is 4. The van der Waals surface area contributed by atoms with Crippen molar-refractivity contribution in [3.63, 3.8) is 0 Å². The molecule has 0 aliphatic carbocycles. The zero-order chi connectivity index (χ0) is 13.1. The first-order chi connectivity index (χ1) is 8.58. The fraction of sp³-hybridized carbons (Fsp3) is 0.250. The quantitative estimate of drug-likeness (QED) is 0.855. The van der Waals surface area contributed by atoms with Crippen molar-refractivity contribution in [2.24, 2.45) is 0 Å². The second-order valence-electron chi connectivity index (χ2n) is 3.71. The molecule has 0 fully saturated rings. The van der Waals surface area contributed by atoms with Crippen molar-refractivity contribution < 1.29 is 14.3 Å². The van der Waals surface area contributed by atoms with Crippen molar-refractivity contribution in [2.75, 3.05) is 0 Å². The third-order valence-electron chi connectivity index (χ3n) is 2.46. The first-order valence-electron chi connectivity index (χ1n) is 5.32. The smallest absolute Gasteiger partial charge is 0.337 e. The van der Waals surface area contributed by atoms with Crippen molar-refractivity contribution in [1.82, 2.24) is 9.97 Å². The van der Waals surface area contributed by atoms with E-state index >= 15 is 0 Å². The number of aryl methyl sites for hydroxylation is 2. The third-order valence-corrected chi connectivity index (χ3v) is 3.30. The molecule has 2 aromatic heterocycles. The normalized spacial score (nSPS) is 10.6. The molecule has 0 atom stereocenters. The van der Waals surface area contributed by atoms with Crippen LogP contribution in [0.2, 0.25) is 0 Å². The number of thioether (sulfide) groups is 1. The van der Waals surface area contributed by atoms with Gasteiger partial charge in [0.25, 0.3) is 5.22 Å². The van der Waals surface area contributed by atoms with Gasteiger partial charge >= 0.3 is 5.97 Å². The van der Waals surface area contributed by atoms with Gasteiger partial charge in [0.2, 0.25) is 0 Å². The molecule has 0 bridgehead atoms. The highest BCUT2D eigenvalue weighted by atomic mass is 32.2. The van der Waals surface area contributed by atoms with Gasteiger partial charge in [-0.25, -0.2) is 9.78 Å². The van der Waals surface area contributed by atoms with E-state index in [0.717, 1.165) is 11.5 Å². The minimum atomic E-state index is -0.974. The van der Waals surface area contributed by atoms with E-state index in [1.54, 1.807) is 12.3 Å². The van der Waals surface area contributed by atoms with Crippen LogP contribution in [-0.4, -0.2) is 21.0 Å². The number of pyridine rings is 1. The summed E-state index contributed by atoms with van der Waals surface area (Å²) in [5.74, 6) is 0.220. The maximum absolute atomic E-state index is 11.0. The molecular formula is C12H12N2O3S. The van der Waals surface area contributed by atoms with Crippen molar-refractivity contribution in [3.05, 3.63) is 41.0 Å². The summed E-state index contributed by atoms with van der Waals surface area (Å²) in [5, 5.41) is 9.56. The number of carboxylic acid groups (broad SMARTS) is 1. The largest absolute Gasteiger partial charge is 0.478 e. The van der Waals surface area contributed by atoms with E-state index in [0.29, 0.717) is 16.7 Å². The minimum absolute atomic E-state index is 0.213. The topological polar surface area (TPSA) is 76.2 Å². The van der Waals surface area contributed by atoms with E-state index in [1.807, 2.05) is 13.8 Å². The lowest BCUT2D eigenvalue weighted by atomic mass is 10.2. The first-order valence-corrected chi connectivity index (χ1v) is 6.30. The number of aromatic nitrogens is 2. The molecule has 5 nitrogen and oxygen atoms in total. The van der Waals surface area contributed by atoms with Crippen molar-refractivity contribution >= 4 is 17.7 Å². The van der Waals surface area contributed by atoms with E-state index in [4.69, 9.17) is 9.52 Å². The highest BCUT2D eigenvalue weighted by Crippen LogP contribution is 2.24. The highest BCUT2D eigenvalue weighted by molar-refractivity contribution is 7.98. The Morgan fingerprint density at radius 2 is 2.28 bits per heavy atom. The van der Waals surface area contributed by atoms with Crippen LogP contribution in [0.25, 0.3) is 0 Å². The van der Waals surface area contributed by atoms with Gasteiger partial charge in [0.05, 0.1) is 17.0 Å². The summed E-state index contributed by atoms with van der Waals surface area (Å²) in [7, 11) is 0. The highest BCUT2D eigenvalue weighted by Gasteiger charge is 2.12. The molecule has 2 heterocycles. The van der Waals surface area contributed by atoms with E-state index in [9.17, 15) is 4.79 Å². The zero-order valence-electron chi connectivity index (χ0n) is 10.0. The fourth-order valence-electron chi connectivity index (χ4n) is 1.38. The molecule has 0 radical (unpaired) electrons. The minimum Gasteiger partial charge on any atom is -0.478 e. The van der Waals surface area contributed by atoms with Gasteiger partial charge in [-0.3, -0.25) is 4.98 Å². The standard InChI is InChI=1S/C12H12N2O3S/c1-7-8(2)17-12(14-7)18-6-10-9(11(15)16)4-3-5-13-10/h3-5H,6H2,1-2H3,(H,15,16). The number of hydrogen-bond donors (Lipinski definition) is 1. The average molecular weight is 264 g/mol. The predicted molar refractivity (Wildman–Crippen MR) is 66.7 cm³/mol. The van der Waals surface area contributed by atoms with Gasteiger partial charge in [-0.1, -0.05) is 11.8 Å². The Kier molecular flexibility index (Phi) is 3.66. The fourth-order valence-corrected chi connectivity index (χ4v) is 2.26. The number of hydrogen-bond acceptors (Lipinski definition) is 5. The lowest BCUT2D eigenvalue weighted by Gasteiger charge is -2.02. The molecule has 0 aliphatic heterocycles. The molecule has 0 aliphatic rings. The van der Waals surface area contributed by atoms with Gasteiger partial charge in [0, 0.05) is 11.9 Å². The average Bonchev–Trinajstić information content (AvgIpc) is 2.66. The van der Waals surface area contributed by atoms with Crippen LogP contribution in [0.15, 0.2) is 28.0 Å². The Bertz CT molecular complexity index is 561. The molecule has 0 saturated carbocycles. The Hall–Kier alpha value is -1.82. The Morgan fingerprint density at radius 3 is 2.89 bits per heavy atom. The summed E-state index contributed by atoms with van der Waals surface area (Å²) < 4.78 is 5.41. The van der Waals surface area contributed by atoms with Gasteiger partial charge < -0.3 is 9.52 Å². The molecule has 2 aromatic rings. The van der Waals surface area contributed by atoms with Crippen LogP contribution in [0.3, 0.4) is 0 Å². The molecule has 0 aromatic carbocycles. The number of nitrogens with zero attached hydrogens (tertiary/aromatic N) is 2. The molecule has 6 heteroatoms. The number of oxazole rings is 1. The van der Waals surface area contributed by atoms with Crippen LogP contribution >= 0.6 is 11.8 Å². The maximum atomic E-state index is 11.0. The first kappa shape index (κ1) is 12.6. The SMILES string of the molecule is Cc1nc(SCc2ncccc2C(=O)O)oc1C. The Labute approximate surface area is 108 Å². The van der Waals surface area contributed by atoms with Crippen LogP contribution in [0.4, 0.5) is 0 Å². The van der Waals surface area contributed by atoms with Crippen LogP contribution in [0, 0.1) is 13.8 Å². The van der Waals surface area contributed by atoms with Crippen LogP contribution < -0.4 is 0 Å². The molecule has 1 N–H and O–H groups in total. The molecular weight excluding hydrogens is 252 g/mol. The summed E-state index contributed by atoms with van der Waals surface area (Å²) in [5.41, 5.74) is 1.57. The van der Waals surface area contributed by atoms with Gasteiger partial charge in [-0.05, 0) is 26.0 Å². The van der Waals surface area contributed by atoms with Gasteiger partial charge in [0.15, 0.2) is 0 Å². The van der Waals surface area contributed by atoms with Gasteiger partial charge in [-0.2, -0.15) is 0 Å². The molecule has 0 saturated heterocycles. The second-order valence-corrected chi connectivity index (χ2v) is 4.64. The lowest BCUT2D eigenvalue weighted by molar-refractivity contribution is 0.0695. The molecule has 2 rings (SSSR count). The molecule has 18 heavy (non-hydrogen) atoms. The third kappa shape index (κ3) is 2.70. The number of aromatic carboxylic acids is 1. The number of carboxylic acids is 1. The monoisotopic (exact) mass is 264 g/mol. The Balaban J connectivity index is 2.13. The summed E-state index contributed by atoms with van der Waals surface area (Å²) in [4.78, 5) is 19.3. The maximum Gasteiger partial charge on any atom is 0.337 e. The molecule has 0 amide bonds. The van der Waals surface area contributed by atoms with Crippen LogP contribution in [-0.2, 0) is 5.75 Å². The van der Waals surface area contributed by atoms with Gasteiger partial charge in [0.1, 0.15) is 5.76 Å². The van der Waals surface area contributed by atoms with E-state index < -0.39 is 5.97 Å². The summed E-state index contributed by atoms with van der Waals surface area (Å²) in [6.07, 6.45) is 1.58.